The lowest BCUT2D eigenvalue weighted by Crippen LogP contribution is -2.20. The van der Waals surface area contributed by atoms with Crippen LogP contribution in [0.4, 0.5) is 0 Å². The molecular weight excluding hydrogens is 412 g/mol. The first kappa shape index (κ1) is 23.4. The first-order valence-electron chi connectivity index (χ1n) is 13.5. The molecule has 3 aromatic carbocycles. The van der Waals surface area contributed by atoms with Crippen molar-refractivity contribution < 1.29 is 4.74 Å². The molecule has 1 heteroatoms. The van der Waals surface area contributed by atoms with E-state index in [0.717, 1.165) is 13.0 Å². The molecule has 0 amide bonds. The van der Waals surface area contributed by atoms with Crippen LogP contribution in [0.2, 0.25) is 0 Å². The largest absolute Gasteiger partial charge is 0.378 e. The Balaban J connectivity index is 1.49. The third kappa shape index (κ3) is 5.15. The Kier molecular flexibility index (Phi) is 7.50. The van der Waals surface area contributed by atoms with Crippen molar-refractivity contribution in [1.82, 2.24) is 0 Å². The SMILES string of the molecule is CC(C)COC1CCC(c2ccccc2C(c2ccccc2)C2CCCC2c2ccccc2)C1. The zero-order chi connectivity index (χ0) is 23.3. The van der Waals surface area contributed by atoms with Gasteiger partial charge in [0.15, 0.2) is 0 Å². The molecule has 178 valence electrons. The summed E-state index contributed by atoms with van der Waals surface area (Å²) in [6.45, 7) is 5.38. The molecule has 2 aliphatic rings. The number of rotatable bonds is 8. The molecule has 5 atom stereocenters. The van der Waals surface area contributed by atoms with E-state index in [0.29, 0.717) is 35.7 Å². The molecule has 0 bridgehead atoms. The van der Waals surface area contributed by atoms with Gasteiger partial charge in [-0.2, -0.15) is 0 Å². The maximum absolute atomic E-state index is 6.28. The topological polar surface area (TPSA) is 9.23 Å². The predicted molar refractivity (Wildman–Crippen MR) is 142 cm³/mol. The summed E-state index contributed by atoms with van der Waals surface area (Å²) in [7, 11) is 0. The van der Waals surface area contributed by atoms with Crippen molar-refractivity contribution in [2.75, 3.05) is 6.61 Å². The van der Waals surface area contributed by atoms with Crippen molar-refractivity contribution in [3.8, 4) is 0 Å². The summed E-state index contributed by atoms with van der Waals surface area (Å²) in [6, 6.07) is 32.0. The van der Waals surface area contributed by atoms with E-state index in [2.05, 4.69) is 98.8 Å². The van der Waals surface area contributed by atoms with Gasteiger partial charge >= 0.3 is 0 Å². The normalized spacial score (nSPS) is 25.6. The van der Waals surface area contributed by atoms with Gasteiger partial charge in [-0.05, 0) is 78.0 Å². The van der Waals surface area contributed by atoms with Crippen LogP contribution in [0.15, 0.2) is 84.9 Å². The highest BCUT2D eigenvalue weighted by atomic mass is 16.5. The monoisotopic (exact) mass is 452 g/mol. The summed E-state index contributed by atoms with van der Waals surface area (Å²) in [6.07, 6.45) is 7.94. The molecule has 0 heterocycles. The molecule has 0 radical (unpaired) electrons. The van der Waals surface area contributed by atoms with Gasteiger partial charge in [-0.25, -0.2) is 0 Å². The van der Waals surface area contributed by atoms with Gasteiger partial charge in [0.25, 0.3) is 0 Å². The van der Waals surface area contributed by atoms with Crippen LogP contribution in [0, 0.1) is 11.8 Å². The van der Waals surface area contributed by atoms with Crippen molar-refractivity contribution in [3.63, 3.8) is 0 Å². The zero-order valence-corrected chi connectivity index (χ0v) is 20.9. The second-order valence-electron chi connectivity index (χ2n) is 11.0. The number of hydrogen-bond acceptors (Lipinski definition) is 1. The van der Waals surface area contributed by atoms with Gasteiger partial charge < -0.3 is 4.74 Å². The maximum atomic E-state index is 6.28. The molecule has 0 N–H and O–H groups in total. The highest BCUT2D eigenvalue weighted by molar-refractivity contribution is 5.42. The Morgan fingerprint density at radius 2 is 1.47 bits per heavy atom. The summed E-state index contributed by atoms with van der Waals surface area (Å²) in [5.41, 5.74) is 6.14. The molecule has 5 unspecified atom stereocenters. The fraction of sp³-hybridized carbons (Fsp3) is 0.455. The first-order valence-corrected chi connectivity index (χ1v) is 13.5. The fourth-order valence-electron chi connectivity index (χ4n) is 6.69. The molecular formula is C33H40O. The lowest BCUT2D eigenvalue weighted by Gasteiger charge is -2.32. The molecule has 0 aromatic heterocycles. The van der Waals surface area contributed by atoms with Crippen LogP contribution < -0.4 is 0 Å². The van der Waals surface area contributed by atoms with Crippen LogP contribution in [0.3, 0.4) is 0 Å². The van der Waals surface area contributed by atoms with E-state index in [1.165, 1.54) is 43.2 Å². The Morgan fingerprint density at radius 1 is 0.765 bits per heavy atom. The van der Waals surface area contributed by atoms with Crippen LogP contribution >= 0.6 is 0 Å². The predicted octanol–water partition coefficient (Wildman–Crippen LogP) is 8.71. The number of benzene rings is 3. The van der Waals surface area contributed by atoms with Crippen molar-refractivity contribution in [2.24, 2.45) is 11.8 Å². The first-order chi connectivity index (χ1) is 16.7. The van der Waals surface area contributed by atoms with Crippen LogP contribution in [-0.4, -0.2) is 12.7 Å². The van der Waals surface area contributed by atoms with Gasteiger partial charge in [0.2, 0.25) is 0 Å². The lowest BCUT2D eigenvalue weighted by molar-refractivity contribution is 0.0398. The fourth-order valence-corrected chi connectivity index (χ4v) is 6.69. The minimum absolute atomic E-state index is 0.416. The summed E-state index contributed by atoms with van der Waals surface area (Å²) in [5.74, 6) is 2.92. The maximum Gasteiger partial charge on any atom is 0.0581 e. The van der Waals surface area contributed by atoms with Crippen LogP contribution in [0.1, 0.15) is 92.4 Å². The van der Waals surface area contributed by atoms with E-state index in [-0.39, 0.29) is 0 Å². The minimum atomic E-state index is 0.416. The average molecular weight is 453 g/mol. The van der Waals surface area contributed by atoms with Gasteiger partial charge in [-0.3, -0.25) is 0 Å². The Hall–Kier alpha value is -2.38. The average Bonchev–Trinajstić information content (AvgIpc) is 3.55. The molecule has 0 aliphatic heterocycles. The van der Waals surface area contributed by atoms with E-state index in [9.17, 15) is 0 Å². The van der Waals surface area contributed by atoms with Crippen LogP contribution in [0.5, 0.6) is 0 Å². The number of hydrogen-bond donors (Lipinski definition) is 0. The van der Waals surface area contributed by atoms with E-state index < -0.39 is 0 Å². The molecule has 0 saturated heterocycles. The third-order valence-electron chi connectivity index (χ3n) is 8.20. The second-order valence-corrected chi connectivity index (χ2v) is 11.0. The van der Waals surface area contributed by atoms with Crippen molar-refractivity contribution in [1.29, 1.82) is 0 Å². The van der Waals surface area contributed by atoms with E-state index in [1.807, 2.05) is 0 Å². The second kappa shape index (κ2) is 10.9. The highest BCUT2D eigenvalue weighted by Crippen LogP contribution is 2.51. The molecule has 2 fully saturated rings. The van der Waals surface area contributed by atoms with E-state index >= 15 is 0 Å². The smallest absolute Gasteiger partial charge is 0.0581 e. The minimum Gasteiger partial charge on any atom is -0.378 e. The standard InChI is InChI=1S/C33H40O/c1-24(2)23-34-28-21-20-27(22-28)30-16-9-10-17-31(30)33(26-14-7-4-8-15-26)32-19-11-18-29(32)25-12-5-3-6-13-25/h3-10,12-17,24,27-29,32-33H,11,18-23H2,1-2H3. The van der Waals surface area contributed by atoms with Gasteiger partial charge in [0.1, 0.15) is 0 Å². The van der Waals surface area contributed by atoms with Gasteiger partial charge in [0, 0.05) is 12.5 Å². The Labute approximate surface area is 206 Å². The van der Waals surface area contributed by atoms with Crippen molar-refractivity contribution >= 4 is 0 Å². The highest BCUT2D eigenvalue weighted by Gasteiger charge is 2.38. The molecule has 5 rings (SSSR count). The van der Waals surface area contributed by atoms with E-state index in [1.54, 1.807) is 11.1 Å². The molecule has 2 saturated carbocycles. The summed E-state index contributed by atoms with van der Waals surface area (Å²) in [5, 5.41) is 0. The summed E-state index contributed by atoms with van der Waals surface area (Å²) >= 11 is 0. The van der Waals surface area contributed by atoms with E-state index in [4.69, 9.17) is 4.74 Å². The lowest BCUT2D eigenvalue weighted by atomic mass is 9.71. The van der Waals surface area contributed by atoms with Gasteiger partial charge in [0.05, 0.1) is 6.10 Å². The zero-order valence-electron chi connectivity index (χ0n) is 20.9. The third-order valence-corrected chi connectivity index (χ3v) is 8.20. The number of ether oxygens (including phenoxy) is 1. The quantitative estimate of drug-likeness (QED) is 0.332. The van der Waals surface area contributed by atoms with Crippen molar-refractivity contribution in [3.05, 3.63) is 107 Å². The van der Waals surface area contributed by atoms with Crippen LogP contribution in [0.25, 0.3) is 0 Å². The summed E-state index contributed by atoms with van der Waals surface area (Å²) < 4.78 is 6.28. The molecule has 34 heavy (non-hydrogen) atoms. The molecule has 2 aliphatic carbocycles. The summed E-state index contributed by atoms with van der Waals surface area (Å²) in [4.78, 5) is 0. The molecule has 3 aromatic rings. The van der Waals surface area contributed by atoms with Gasteiger partial charge in [-0.15, -0.1) is 0 Å². The molecule has 0 spiro atoms. The van der Waals surface area contributed by atoms with Gasteiger partial charge in [-0.1, -0.05) is 105 Å². The van der Waals surface area contributed by atoms with Crippen LogP contribution in [-0.2, 0) is 4.74 Å². The molecule has 1 nitrogen and oxygen atoms in total. The van der Waals surface area contributed by atoms with Crippen molar-refractivity contribution in [2.45, 2.75) is 76.2 Å². The Bertz CT molecular complexity index is 1020. The Morgan fingerprint density at radius 3 is 2.24 bits per heavy atom.